The SMILES string of the molecule is O=C(O)C[C@H](NC(=O)[C@@H]1CCCN(CCCc2ccc3c(n2)NCCC3)C1)c1cccc(-n2cccc2)c1. The van der Waals surface area contributed by atoms with Crippen molar-refractivity contribution < 1.29 is 14.7 Å². The molecule has 4 heterocycles. The van der Waals surface area contributed by atoms with E-state index in [4.69, 9.17) is 4.98 Å². The summed E-state index contributed by atoms with van der Waals surface area (Å²) in [6.45, 7) is 3.61. The number of likely N-dealkylation sites (tertiary alicyclic amines) is 1. The second-order valence-electron chi connectivity index (χ2n) is 10.4. The third-order valence-electron chi connectivity index (χ3n) is 7.61. The molecule has 0 saturated carbocycles. The largest absolute Gasteiger partial charge is 0.481 e. The van der Waals surface area contributed by atoms with Gasteiger partial charge in [-0.15, -0.1) is 0 Å². The fourth-order valence-corrected chi connectivity index (χ4v) is 5.59. The van der Waals surface area contributed by atoms with Crippen LogP contribution in [0.1, 0.15) is 55.0 Å². The van der Waals surface area contributed by atoms with Crippen LogP contribution in [0.3, 0.4) is 0 Å². The predicted octanol–water partition coefficient (Wildman–Crippen LogP) is 4.21. The topological polar surface area (TPSA) is 99.5 Å². The van der Waals surface area contributed by atoms with E-state index < -0.39 is 12.0 Å². The molecule has 0 aliphatic carbocycles. The molecule has 0 radical (unpaired) electrons. The number of pyridine rings is 1. The number of anilines is 1. The highest BCUT2D eigenvalue weighted by molar-refractivity contribution is 5.80. The summed E-state index contributed by atoms with van der Waals surface area (Å²) >= 11 is 0. The van der Waals surface area contributed by atoms with Crippen LogP contribution in [0.2, 0.25) is 0 Å². The molecule has 8 nitrogen and oxygen atoms in total. The van der Waals surface area contributed by atoms with E-state index in [9.17, 15) is 14.7 Å². The Morgan fingerprint density at radius 2 is 2.00 bits per heavy atom. The minimum Gasteiger partial charge on any atom is -0.481 e. The minimum absolute atomic E-state index is 0.0604. The molecule has 0 bridgehead atoms. The number of nitrogens with zero attached hydrogens (tertiary/aromatic N) is 3. The standard InChI is InChI=1S/C30H37N5O3/c36-28(37)20-27(23-7-3-11-26(19-23)35-17-1-2-18-35)33-30(38)24-9-5-15-34(21-24)16-6-10-25-13-12-22-8-4-14-31-29(22)32-25/h1-3,7,11-13,17-19,24,27H,4-6,8-10,14-16,20-21H2,(H,31,32)(H,33,38)(H,36,37)/t24-,27+/m1/s1. The van der Waals surface area contributed by atoms with Gasteiger partial charge < -0.3 is 25.2 Å². The van der Waals surface area contributed by atoms with Gasteiger partial charge in [-0.05, 0) is 93.1 Å². The van der Waals surface area contributed by atoms with Gasteiger partial charge in [0.05, 0.1) is 18.4 Å². The molecule has 5 rings (SSSR count). The third-order valence-corrected chi connectivity index (χ3v) is 7.61. The molecule has 2 aromatic heterocycles. The normalized spacial score (nSPS) is 18.3. The van der Waals surface area contributed by atoms with E-state index in [2.05, 4.69) is 27.7 Å². The number of amides is 1. The Morgan fingerprint density at radius 3 is 2.84 bits per heavy atom. The number of carboxylic acid groups (broad SMARTS) is 1. The van der Waals surface area contributed by atoms with Crippen molar-refractivity contribution in [2.24, 2.45) is 5.92 Å². The molecule has 200 valence electrons. The molecule has 3 aromatic rings. The number of carboxylic acids is 1. The lowest BCUT2D eigenvalue weighted by Gasteiger charge is -2.33. The van der Waals surface area contributed by atoms with Gasteiger partial charge in [-0.2, -0.15) is 0 Å². The van der Waals surface area contributed by atoms with E-state index in [1.165, 1.54) is 5.56 Å². The van der Waals surface area contributed by atoms with Crippen molar-refractivity contribution >= 4 is 17.7 Å². The molecule has 2 atom stereocenters. The van der Waals surface area contributed by atoms with Crippen molar-refractivity contribution in [1.82, 2.24) is 19.8 Å². The number of aromatic nitrogens is 2. The van der Waals surface area contributed by atoms with E-state index in [1.807, 2.05) is 53.4 Å². The third kappa shape index (κ3) is 6.61. The van der Waals surface area contributed by atoms with Crippen molar-refractivity contribution in [3.05, 3.63) is 77.7 Å². The molecule has 8 heteroatoms. The summed E-state index contributed by atoms with van der Waals surface area (Å²) in [4.78, 5) is 32.1. The molecule has 1 amide bonds. The number of piperidine rings is 1. The van der Waals surface area contributed by atoms with Gasteiger partial charge in [-0.25, -0.2) is 4.98 Å². The number of hydrogen-bond acceptors (Lipinski definition) is 5. The molecular weight excluding hydrogens is 478 g/mol. The lowest BCUT2D eigenvalue weighted by Crippen LogP contribution is -2.44. The summed E-state index contributed by atoms with van der Waals surface area (Å²) in [5, 5.41) is 16.0. The summed E-state index contributed by atoms with van der Waals surface area (Å²) in [5.41, 5.74) is 4.16. The quantitative estimate of drug-likeness (QED) is 0.374. The van der Waals surface area contributed by atoms with E-state index in [-0.39, 0.29) is 18.2 Å². The highest BCUT2D eigenvalue weighted by Gasteiger charge is 2.28. The summed E-state index contributed by atoms with van der Waals surface area (Å²) < 4.78 is 1.97. The number of aryl methyl sites for hydroxylation is 2. The van der Waals surface area contributed by atoms with Crippen LogP contribution in [0.15, 0.2) is 60.9 Å². The Kier molecular flexibility index (Phi) is 8.38. The Labute approximate surface area is 224 Å². The number of carbonyl (C=O) groups is 2. The summed E-state index contributed by atoms with van der Waals surface area (Å²) in [6, 6.07) is 15.4. The van der Waals surface area contributed by atoms with Crippen molar-refractivity contribution in [2.45, 2.75) is 51.0 Å². The van der Waals surface area contributed by atoms with Gasteiger partial charge in [0, 0.05) is 36.9 Å². The zero-order chi connectivity index (χ0) is 26.3. The van der Waals surface area contributed by atoms with Gasteiger partial charge in [-0.1, -0.05) is 18.2 Å². The van der Waals surface area contributed by atoms with Gasteiger partial charge >= 0.3 is 5.97 Å². The monoisotopic (exact) mass is 515 g/mol. The molecule has 38 heavy (non-hydrogen) atoms. The zero-order valence-corrected chi connectivity index (χ0v) is 21.8. The average Bonchev–Trinajstić information content (AvgIpc) is 3.48. The van der Waals surface area contributed by atoms with Gasteiger partial charge in [0.15, 0.2) is 0 Å². The van der Waals surface area contributed by atoms with Crippen LogP contribution in [0.5, 0.6) is 0 Å². The molecule has 3 N–H and O–H groups in total. The number of nitrogens with one attached hydrogen (secondary N) is 2. The summed E-state index contributed by atoms with van der Waals surface area (Å²) in [5.74, 6) is -0.0929. The van der Waals surface area contributed by atoms with Crippen molar-refractivity contribution in [3.63, 3.8) is 0 Å². The smallest absolute Gasteiger partial charge is 0.305 e. The molecule has 2 aliphatic heterocycles. The summed E-state index contributed by atoms with van der Waals surface area (Å²) in [6.07, 6.45) is 9.69. The number of fused-ring (bicyclic) bond motifs is 1. The maximum Gasteiger partial charge on any atom is 0.305 e. The number of rotatable bonds is 10. The first-order valence-corrected chi connectivity index (χ1v) is 13.8. The Hall–Kier alpha value is -3.65. The van der Waals surface area contributed by atoms with Crippen LogP contribution in [-0.4, -0.2) is 57.6 Å². The lowest BCUT2D eigenvalue weighted by atomic mass is 9.95. The molecule has 1 saturated heterocycles. The van der Waals surface area contributed by atoms with Crippen LogP contribution >= 0.6 is 0 Å². The number of hydrogen-bond donors (Lipinski definition) is 3. The molecule has 1 fully saturated rings. The van der Waals surface area contributed by atoms with Gasteiger partial charge in [0.2, 0.25) is 5.91 Å². The Bertz CT molecular complexity index is 1240. The molecular formula is C30H37N5O3. The fraction of sp³-hybridized carbons (Fsp3) is 0.433. The lowest BCUT2D eigenvalue weighted by molar-refractivity contribution is -0.138. The number of carbonyl (C=O) groups excluding carboxylic acids is 1. The zero-order valence-electron chi connectivity index (χ0n) is 21.8. The van der Waals surface area contributed by atoms with Gasteiger partial charge in [0.1, 0.15) is 5.82 Å². The Morgan fingerprint density at radius 1 is 1.13 bits per heavy atom. The fourth-order valence-electron chi connectivity index (χ4n) is 5.59. The van der Waals surface area contributed by atoms with Crippen LogP contribution in [0, 0.1) is 5.92 Å². The average molecular weight is 516 g/mol. The van der Waals surface area contributed by atoms with Crippen LogP contribution in [-0.2, 0) is 22.4 Å². The van der Waals surface area contributed by atoms with Crippen LogP contribution in [0.25, 0.3) is 5.69 Å². The van der Waals surface area contributed by atoms with E-state index in [0.29, 0.717) is 6.54 Å². The Balaban J connectivity index is 1.16. The predicted molar refractivity (Wildman–Crippen MR) is 147 cm³/mol. The van der Waals surface area contributed by atoms with Crippen LogP contribution < -0.4 is 10.6 Å². The van der Waals surface area contributed by atoms with Crippen molar-refractivity contribution in [2.75, 3.05) is 31.5 Å². The number of aliphatic carboxylic acids is 1. The van der Waals surface area contributed by atoms with E-state index in [1.54, 1.807) is 0 Å². The van der Waals surface area contributed by atoms with E-state index in [0.717, 1.165) is 80.9 Å². The van der Waals surface area contributed by atoms with Crippen molar-refractivity contribution in [3.8, 4) is 5.69 Å². The van der Waals surface area contributed by atoms with Crippen LogP contribution in [0.4, 0.5) is 5.82 Å². The first kappa shape index (κ1) is 26.0. The number of benzene rings is 1. The second kappa shape index (κ2) is 12.3. The maximum atomic E-state index is 13.3. The maximum absolute atomic E-state index is 13.3. The molecule has 0 spiro atoms. The molecule has 1 aromatic carbocycles. The van der Waals surface area contributed by atoms with Gasteiger partial charge in [0.25, 0.3) is 0 Å². The first-order chi connectivity index (χ1) is 18.5. The van der Waals surface area contributed by atoms with E-state index >= 15 is 0 Å². The summed E-state index contributed by atoms with van der Waals surface area (Å²) in [7, 11) is 0. The molecule has 2 aliphatic rings. The molecule has 0 unspecified atom stereocenters. The second-order valence-corrected chi connectivity index (χ2v) is 10.4. The first-order valence-electron chi connectivity index (χ1n) is 13.8. The highest BCUT2D eigenvalue weighted by Crippen LogP contribution is 2.24. The minimum atomic E-state index is -0.932. The highest BCUT2D eigenvalue weighted by atomic mass is 16.4. The van der Waals surface area contributed by atoms with Crippen molar-refractivity contribution in [1.29, 1.82) is 0 Å². The van der Waals surface area contributed by atoms with Gasteiger partial charge in [-0.3, -0.25) is 9.59 Å².